The van der Waals surface area contributed by atoms with E-state index in [1.807, 2.05) is 18.9 Å². The number of hydrogen-bond acceptors (Lipinski definition) is 2. The van der Waals surface area contributed by atoms with E-state index in [2.05, 4.69) is 11.9 Å². The fraction of sp³-hybridized carbons (Fsp3) is 0.308. The van der Waals surface area contributed by atoms with Gasteiger partial charge >= 0.3 is 0 Å². The van der Waals surface area contributed by atoms with Crippen LogP contribution in [0.1, 0.15) is 6.92 Å². The minimum absolute atomic E-state index is 0.186. The van der Waals surface area contributed by atoms with Crippen LogP contribution in [0.4, 0.5) is 10.1 Å². The summed E-state index contributed by atoms with van der Waals surface area (Å²) in [4.78, 5) is 13.5. The summed E-state index contributed by atoms with van der Waals surface area (Å²) >= 11 is 5.81. The van der Waals surface area contributed by atoms with Crippen LogP contribution in [0.25, 0.3) is 0 Å². The highest BCUT2D eigenvalue weighted by Crippen LogP contribution is 2.22. The number of amides is 1. The Balaban J connectivity index is 2.56. The summed E-state index contributed by atoms with van der Waals surface area (Å²) in [5, 5.41) is 2.82. The lowest BCUT2D eigenvalue weighted by Gasteiger charge is -2.16. The Morgan fingerprint density at radius 2 is 2.17 bits per heavy atom. The fourth-order valence-corrected chi connectivity index (χ4v) is 1.76. The smallest absolute Gasteiger partial charge is 0.238 e. The summed E-state index contributed by atoms with van der Waals surface area (Å²) in [6, 6.07) is 3.85. The number of hydrogen-bond donors (Lipinski definition) is 1. The molecule has 1 aromatic carbocycles. The van der Waals surface area contributed by atoms with E-state index >= 15 is 0 Å². The highest BCUT2D eigenvalue weighted by molar-refractivity contribution is 6.33. The number of nitrogens with zero attached hydrogens (tertiary/aromatic N) is 1. The van der Waals surface area contributed by atoms with Gasteiger partial charge in [0, 0.05) is 6.54 Å². The van der Waals surface area contributed by atoms with Gasteiger partial charge in [0.1, 0.15) is 5.82 Å². The SMILES string of the molecule is C=C(C)CN(C)CC(=O)Nc1ccc(F)cc1Cl. The topological polar surface area (TPSA) is 32.3 Å². The standard InChI is InChI=1S/C13H16ClFN2O/c1-9(2)7-17(3)8-13(18)16-12-5-4-10(15)6-11(12)14/h4-6H,1,7-8H2,2-3H3,(H,16,18). The van der Waals surface area contributed by atoms with E-state index in [0.29, 0.717) is 12.2 Å². The summed E-state index contributed by atoms with van der Waals surface area (Å²) in [6.45, 7) is 6.53. The third-order valence-corrected chi connectivity index (χ3v) is 2.47. The van der Waals surface area contributed by atoms with Crippen LogP contribution in [-0.4, -0.2) is 30.9 Å². The molecule has 0 radical (unpaired) electrons. The molecule has 0 saturated carbocycles. The van der Waals surface area contributed by atoms with Crippen LogP contribution in [-0.2, 0) is 4.79 Å². The molecule has 0 fully saturated rings. The van der Waals surface area contributed by atoms with Crippen LogP contribution in [0.15, 0.2) is 30.4 Å². The molecule has 98 valence electrons. The number of likely N-dealkylation sites (N-methyl/N-ethyl adjacent to an activating group) is 1. The number of carbonyl (C=O) groups is 1. The van der Waals surface area contributed by atoms with Gasteiger partial charge in [-0.1, -0.05) is 23.8 Å². The van der Waals surface area contributed by atoms with Gasteiger partial charge in [0.15, 0.2) is 0 Å². The second-order valence-corrected chi connectivity index (χ2v) is 4.71. The minimum atomic E-state index is -0.433. The van der Waals surface area contributed by atoms with E-state index in [1.165, 1.54) is 12.1 Å². The van der Waals surface area contributed by atoms with Gasteiger partial charge < -0.3 is 5.32 Å². The molecule has 18 heavy (non-hydrogen) atoms. The second kappa shape index (κ2) is 6.52. The maximum atomic E-state index is 12.8. The Hall–Kier alpha value is -1.39. The van der Waals surface area contributed by atoms with Crippen molar-refractivity contribution in [3.05, 3.63) is 41.2 Å². The van der Waals surface area contributed by atoms with Crippen molar-refractivity contribution in [1.29, 1.82) is 0 Å². The minimum Gasteiger partial charge on any atom is -0.324 e. The van der Waals surface area contributed by atoms with Crippen LogP contribution in [0.5, 0.6) is 0 Å². The predicted molar refractivity (Wildman–Crippen MR) is 72.4 cm³/mol. The Labute approximate surface area is 111 Å². The molecule has 3 nitrogen and oxygen atoms in total. The maximum absolute atomic E-state index is 12.8. The van der Waals surface area contributed by atoms with E-state index in [-0.39, 0.29) is 17.5 Å². The third kappa shape index (κ3) is 4.85. The zero-order valence-electron chi connectivity index (χ0n) is 10.5. The van der Waals surface area contributed by atoms with E-state index in [9.17, 15) is 9.18 Å². The van der Waals surface area contributed by atoms with Gasteiger partial charge in [-0.3, -0.25) is 9.69 Å². The number of rotatable bonds is 5. The van der Waals surface area contributed by atoms with Crippen molar-refractivity contribution in [3.8, 4) is 0 Å². The summed E-state index contributed by atoms with van der Waals surface area (Å²) in [7, 11) is 1.82. The zero-order chi connectivity index (χ0) is 13.7. The first kappa shape index (κ1) is 14.7. The molecule has 5 heteroatoms. The Kier molecular flexibility index (Phi) is 5.31. The first-order valence-corrected chi connectivity index (χ1v) is 5.84. The van der Waals surface area contributed by atoms with Crippen molar-refractivity contribution in [3.63, 3.8) is 0 Å². The largest absolute Gasteiger partial charge is 0.324 e. The van der Waals surface area contributed by atoms with Gasteiger partial charge in [-0.25, -0.2) is 4.39 Å². The summed E-state index contributed by atoms with van der Waals surface area (Å²) in [5.41, 5.74) is 1.39. The van der Waals surface area contributed by atoms with Crippen LogP contribution in [0.3, 0.4) is 0 Å². The molecule has 0 heterocycles. The van der Waals surface area contributed by atoms with Crippen molar-refractivity contribution >= 4 is 23.2 Å². The fourth-order valence-electron chi connectivity index (χ4n) is 1.54. The lowest BCUT2D eigenvalue weighted by molar-refractivity contribution is -0.116. The summed E-state index contributed by atoms with van der Waals surface area (Å²) in [5.74, 6) is -0.635. The van der Waals surface area contributed by atoms with Gasteiger partial charge in [0.05, 0.1) is 17.3 Å². The zero-order valence-corrected chi connectivity index (χ0v) is 11.2. The number of carbonyl (C=O) groups excluding carboxylic acids is 1. The summed E-state index contributed by atoms with van der Waals surface area (Å²) < 4.78 is 12.8. The van der Waals surface area contributed by atoms with E-state index in [1.54, 1.807) is 0 Å². The molecule has 0 aliphatic carbocycles. The van der Waals surface area contributed by atoms with Crippen LogP contribution in [0.2, 0.25) is 5.02 Å². The van der Waals surface area contributed by atoms with Crippen LogP contribution >= 0.6 is 11.6 Å². The molecule has 0 aromatic heterocycles. The molecule has 0 saturated heterocycles. The van der Waals surface area contributed by atoms with Gasteiger partial charge in [0.25, 0.3) is 0 Å². The maximum Gasteiger partial charge on any atom is 0.238 e. The highest BCUT2D eigenvalue weighted by atomic mass is 35.5. The van der Waals surface area contributed by atoms with Crippen LogP contribution < -0.4 is 5.32 Å². The molecule has 0 atom stereocenters. The molecule has 1 amide bonds. The average Bonchev–Trinajstić information content (AvgIpc) is 2.20. The molecule has 1 N–H and O–H groups in total. The molecule has 1 aromatic rings. The number of halogens is 2. The molecule has 0 bridgehead atoms. The molecule has 0 aliphatic heterocycles. The molecular weight excluding hydrogens is 255 g/mol. The van der Waals surface area contributed by atoms with Crippen molar-refractivity contribution in [2.75, 3.05) is 25.5 Å². The first-order valence-electron chi connectivity index (χ1n) is 5.46. The van der Waals surface area contributed by atoms with Gasteiger partial charge in [-0.15, -0.1) is 0 Å². The van der Waals surface area contributed by atoms with Gasteiger partial charge in [0.2, 0.25) is 5.91 Å². The third-order valence-electron chi connectivity index (χ3n) is 2.16. The van der Waals surface area contributed by atoms with E-state index < -0.39 is 5.82 Å². The van der Waals surface area contributed by atoms with Crippen molar-refractivity contribution in [2.45, 2.75) is 6.92 Å². The van der Waals surface area contributed by atoms with E-state index in [0.717, 1.165) is 11.6 Å². The molecular formula is C13H16ClFN2O. The molecule has 0 spiro atoms. The highest BCUT2D eigenvalue weighted by Gasteiger charge is 2.09. The lowest BCUT2D eigenvalue weighted by Crippen LogP contribution is -2.31. The molecule has 0 aliphatic rings. The van der Waals surface area contributed by atoms with Gasteiger partial charge in [-0.2, -0.15) is 0 Å². The Morgan fingerprint density at radius 3 is 2.72 bits per heavy atom. The molecule has 1 rings (SSSR count). The number of nitrogens with one attached hydrogen (secondary N) is 1. The summed E-state index contributed by atoms with van der Waals surface area (Å²) in [6.07, 6.45) is 0. The number of anilines is 1. The second-order valence-electron chi connectivity index (χ2n) is 4.30. The van der Waals surface area contributed by atoms with Crippen LogP contribution in [0, 0.1) is 5.82 Å². The molecule has 0 unspecified atom stereocenters. The lowest BCUT2D eigenvalue weighted by atomic mass is 10.3. The monoisotopic (exact) mass is 270 g/mol. The van der Waals surface area contributed by atoms with Crippen molar-refractivity contribution in [1.82, 2.24) is 4.90 Å². The van der Waals surface area contributed by atoms with Gasteiger partial charge in [-0.05, 0) is 32.2 Å². The van der Waals surface area contributed by atoms with E-state index in [4.69, 9.17) is 11.6 Å². The number of benzene rings is 1. The van der Waals surface area contributed by atoms with Crippen molar-refractivity contribution < 1.29 is 9.18 Å². The van der Waals surface area contributed by atoms with Crippen molar-refractivity contribution in [2.24, 2.45) is 0 Å². The Bertz CT molecular complexity index is 462. The predicted octanol–water partition coefficient (Wildman–Crippen LogP) is 2.93. The first-order chi connectivity index (χ1) is 8.38. The Morgan fingerprint density at radius 1 is 1.50 bits per heavy atom. The average molecular weight is 271 g/mol. The normalized spacial score (nSPS) is 10.5. The quantitative estimate of drug-likeness (QED) is 0.835.